The average Bonchev–Trinajstić information content (AvgIpc) is 4.07. The zero-order chi connectivity index (χ0) is 50.0. The van der Waals surface area contributed by atoms with Gasteiger partial charge in [-0.25, -0.2) is 35.7 Å². The molecule has 0 bridgehead atoms. The van der Waals surface area contributed by atoms with Gasteiger partial charge in [-0.3, -0.25) is 38.3 Å². The van der Waals surface area contributed by atoms with Crippen molar-refractivity contribution in [3.8, 4) is 0 Å². The van der Waals surface area contributed by atoms with Gasteiger partial charge in [0.1, 0.15) is 31.2 Å². The molecule has 27 heteroatoms. The number of fused-ring (bicyclic) bond motifs is 2. The third-order valence-corrected chi connectivity index (χ3v) is 18.7. The quantitative estimate of drug-likeness (QED) is 0.0244. The molecule has 2 aliphatic heterocycles. The van der Waals surface area contributed by atoms with Crippen LogP contribution in [0.4, 0.5) is 21.0 Å². The molecule has 7 rings (SSSR count). The molecule has 4 aromatic heterocycles. The molecule has 0 aliphatic carbocycles. The third-order valence-electron chi connectivity index (χ3n) is 11.9. The standard InChI is InChI=1S/C42H53FN11O12PSSi/c1-10-24-29(26(43)38(62-24)53-20-47-27-32(45-19-46-33(27)53)49-36(56)23-14-12-11-13-15-23)65-67(68,60-17-16-44-7)61-18-25-30(66-69(8,9)42(4,5)6)31(64-41(58)59)39(63-25)54-21-48-28-34(54)50-40(52-37(28)57)51-35(55)22(2)3/h11-15,19-22,24-26,29-31,38-39H,10,16-18H2,1-6,8-9H3,(H,58,59)(H,45,46,49,56)(H2,50,51,52,55,57)/t24-,25-,26?,29+,30+,31?,38-,39-,67?/m1/s1. The fourth-order valence-electron chi connectivity index (χ4n) is 7.28. The van der Waals surface area contributed by atoms with Crippen molar-refractivity contribution in [2.75, 3.05) is 30.4 Å². The molecule has 6 heterocycles. The molecule has 0 spiro atoms. The number of hydrogen-bond acceptors (Lipinski definition) is 17. The molecule has 2 saturated heterocycles. The number of aromatic nitrogens is 8. The molecule has 0 radical (unpaired) electrons. The van der Waals surface area contributed by atoms with Crippen molar-refractivity contribution in [2.24, 2.45) is 5.92 Å². The summed E-state index contributed by atoms with van der Waals surface area (Å²) in [7, 11) is -2.82. The highest BCUT2D eigenvalue weighted by molar-refractivity contribution is 8.07. The first-order valence-corrected chi connectivity index (χ1v) is 27.4. The molecule has 2 aliphatic rings. The minimum Gasteiger partial charge on any atom is -0.450 e. The summed E-state index contributed by atoms with van der Waals surface area (Å²) >= 11 is 5.94. The first-order valence-electron chi connectivity index (χ1n) is 21.9. The van der Waals surface area contributed by atoms with Crippen LogP contribution in [0.1, 0.15) is 70.8 Å². The van der Waals surface area contributed by atoms with E-state index in [1.165, 1.54) is 28.1 Å². The Balaban J connectivity index is 1.19. The number of benzene rings is 1. The molecule has 4 N–H and O–H groups in total. The summed E-state index contributed by atoms with van der Waals surface area (Å²) in [6.07, 6.45) is -8.54. The predicted octanol–water partition coefficient (Wildman–Crippen LogP) is 6.36. The van der Waals surface area contributed by atoms with E-state index in [2.05, 4.69) is 45.4 Å². The number of H-pyrrole nitrogens is 1. The maximum absolute atomic E-state index is 17.0. The van der Waals surface area contributed by atoms with Crippen molar-refractivity contribution in [2.45, 2.75) is 115 Å². The van der Waals surface area contributed by atoms with Gasteiger partial charge in [0.2, 0.25) is 18.4 Å². The molecule has 69 heavy (non-hydrogen) atoms. The molecule has 2 fully saturated rings. The van der Waals surface area contributed by atoms with Gasteiger partial charge < -0.3 is 43.0 Å². The topological polar surface area (TPSA) is 272 Å². The number of carbonyl (C=O) groups excluding carboxylic acids is 2. The first kappa shape index (κ1) is 51.2. The highest BCUT2D eigenvalue weighted by atomic mass is 32.5. The molecule has 0 saturated carbocycles. The number of rotatable bonds is 18. The van der Waals surface area contributed by atoms with E-state index in [-0.39, 0.29) is 53.7 Å². The van der Waals surface area contributed by atoms with Gasteiger partial charge in [-0.1, -0.05) is 59.7 Å². The normalized spacial score (nSPS) is 23.8. The molecule has 2 amide bonds. The maximum Gasteiger partial charge on any atom is 0.506 e. The molecular weight excluding hydrogens is 961 g/mol. The van der Waals surface area contributed by atoms with E-state index in [4.69, 9.17) is 50.6 Å². The van der Waals surface area contributed by atoms with Crippen molar-refractivity contribution in [3.05, 3.63) is 76.6 Å². The number of amides is 2. The second-order valence-corrected chi connectivity index (χ2v) is 25.7. The lowest BCUT2D eigenvalue weighted by Gasteiger charge is -2.40. The van der Waals surface area contributed by atoms with Gasteiger partial charge in [0.25, 0.3) is 11.5 Å². The van der Waals surface area contributed by atoms with E-state index >= 15 is 4.39 Å². The van der Waals surface area contributed by atoms with Gasteiger partial charge in [0.05, 0.1) is 25.4 Å². The molecule has 3 unspecified atom stereocenters. The Kier molecular flexibility index (Phi) is 15.4. The summed E-state index contributed by atoms with van der Waals surface area (Å²) in [5.74, 6) is -1.43. The number of aromatic amines is 1. The van der Waals surface area contributed by atoms with Gasteiger partial charge in [-0.2, -0.15) is 4.98 Å². The molecule has 23 nitrogen and oxygen atoms in total. The maximum atomic E-state index is 17.0. The van der Waals surface area contributed by atoms with Crippen LogP contribution in [0.3, 0.4) is 0 Å². The van der Waals surface area contributed by atoms with E-state index in [0.29, 0.717) is 5.56 Å². The van der Waals surface area contributed by atoms with E-state index in [9.17, 15) is 24.3 Å². The van der Waals surface area contributed by atoms with Crippen molar-refractivity contribution < 1.29 is 56.1 Å². The SMILES string of the molecule is [C-]#[N+]CCOP(=S)(OC[C@H]1O[C@@H](n2cnc3c(=O)[nH]c(NC(=O)C(C)C)nc32)C(OC(=O)O)[C@H]1O[Si](C)(C)C(C)(C)C)O[C@@H]1C(F)[C@H](n2cnc3c(NC(=O)c4ccccc4)ncnc32)O[C@@H]1CC. The van der Waals surface area contributed by atoms with Crippen LogP contribution in [0, 0.1) is 12.5 Å². The molecule has 5 aromatic rings. The van der Waals surface area contributed by atoms with Gasteiger partial charge in [0.15, 0.2) is 61.2 Å². The molecule has 370 valence electrons. The number of hydrogen-bond donors (Lipinski definition) is 4. The fourth-order valence-corrected chi connectivity index (χ4v) is 10.7. The Bertz CT molecular complexity index is 2840. The number of nitrogens with one attached hydrogen (secondary N) is 3. The first-order chi connectivity index (χ1) is 32.6. The fraction of sp³-hybridized carbons (Fsp3) is 0.524. The van der Waals surface area contributed by atoms with Gasteiger partial charge in [0, 0.05) is 11.5 Å². The summed E-state index contributed by atoms with van der Waals surface area (Å²) in [6, 6.07) is 8.48. The zero-order valence-electron chi connectivity index (χ0n) is 38.9. The number of halogens is 1. The van der Waals surface area contributed by atoms with Gasteiger partial charge in [-0.05, 0) is 48.5 Å². The summed E-state index contributed by atoms with van der Waals surface area (Å²) in [6.45, 7) is 17.3. The van der Waals surface area contributed by atoms with E-state index in [0.717, 1.165) is 0 Å². The molecule has 1 aromatic carbocycles. The minimum absolute atomic E-state index is 0.0777. The van der Waals surface area contributed by atoms with Gasteiger partial charge in [-0.15, -0.1) is 0 Å². The van der Waals surface area contributed by atoms with Gasteiger partial charge >= 0.3 is 12.9 Å². The number of carboxylic acid groups (broad SMARTS) is 1. The Hall–Kier alpha value is -5.62. The predicted molar refractivity (Wildman–Crippen MR) is 252 cm³/mol. The number of alkyl halides is 1. The Labute approximate surface area is 401 Å². The smallest absolute Gasteiger partial charge is 0.450 e. The van der Waals surface area contributed by atoms with E-state index in [1.807, 2.05) is 33.9 Å². The molecular formula is C42H53FN11O12PSSi. The van der Waals surface area contributed by atoms with E-state index < -0.39 is 105 Å². The van der Waals surface area contributed by atoms with Crippen LogP contribution < -0.4 is 16.2 Å². The van der Waals surface area contributed by atoms with Crippen LogP contribution in [-0.4, -0.2) is 127 Å². The van der Waals surface area contributed by atoms with E-state index in [1.54, 1.807) is 51.1 Å². The monoisotopic (exact) mass is 1010 g/mol. The lowest BCUT2D eigenvalue weighted by atomic mass is 10.1. The van der Waals surface area contributed by atoms with Crippen molar-refractivity contribution in [3.63, 3.8) is 0 Å². The lowest BCUT2D eigenvalue weighted by molar-refractivity contribution is -0.118. The second-order valence-electron chi connectivity index (χ2n) is 18.0. The summed E-state index contributed by atoms with van der Waals surface area (Å²) < 4.78 is 63.5. The number of anilines is 2. The van der Waals surface area contributed by atoms with Crippen LogP contribution in [0.15, 0.2) is 54.1 Å². The minimum atomic E-state index is -4.08. The second kappa shape index (κ2) is 20.8. The summed E-state index contributed by atoms with van der Waals surface area (Å²) in [4.78, 5) is 78.6. The number of carbonyl (C=O) groups is 3. The van der Waals surface area contributed by atoms with Crippen LogP contribution in [0.5, 0.6) is 0 Å². The summed E-state index contributed by atoms with van der Waals surface area (Å²) in [5, 5.41) is 15.0. The van der Waals surface area contributed by atoms with Crippen LogP contribution in [-0.2, 0) is 48.8 Å². The lowest BCUT2D eigenvalue weighted by Crippen LogP contribution is -2.50. The molecule has 9 atom stereocenters. The number of imidazole rings is 2. The van der Waals surface area contributed by atoms with Crippen molar-refractivity contribution in [1.29, 1.82) is 0 Å². The highest BCUT2D eigenvalue weighted by Gasteiger charge is 2.55. The van der Waals surface area contributed by atoms with Crippen LogP contribution in [0.25, 0.3) is 27.2 Å². The zero-order valence-corrected chi connectivity index (χ0v) is 41.6. The Morgan fingerprint density at radius 2 is 1.67 bits per heavy atom. The average molecular weight is 1010 g/mol. The Morgan fingerprint density at radius 1 is 0.986 bits per heavy atom. The Morgan fingerprint density at radius 3 is 2.32 bits per heavy atom. The number of nitrogens with zero attached hydrogens (tertiary/aromatic N) is 8. The highest BCUT2D eigenvalue weighted by Crippen LogP contribution is 2.55. The van der Waals surface area contributed by atoms with Crippen LogP contribution >= 0.6 is 6.72 Å². The number of ether oxygens (including phenoxy) is 3. The largest absolute Gasteiger partial charge is 0.506 e. The summed E-state index contributed by atoms with van der Waals surface area (Å²) in [5.41, 5.74) is -0.220. The van der Waals surface area contributed by atoms with Crippen LogP contribution in [0.2, 0.25) is 18.1 Å². The third kappa shape index (κ3) is 11.1. The van der Waals surface area contributed by atoms with Crippen molar-refractivity contribution >= 4 is 78.9 Å². The van der Waals surface area contributed by atoms with Crippen molar-refractivity contribution in [1.82, 2.24) is 39.0 Å².